The fourth-order valence-corrected chi connectivity index (χ4v) is 1.67. The second-order valence-electron chi connectivity index (χ2n) is 5.84. The van der Waals surface area contributed by atoms with E-state index in [2.05, 4.69) is 10.6 Å². The SMILES string of the molecule is CC(NC(=O)C(N)C(C)C)C(=O)NC(CC(N)=O)C(=O)NCC(=O)O. The molecule has 0 aliphatic heterocycles. The lowest BCUT2D eigenvalue weighted by atomic mass is 10.0. The van der Waals surface area contributed by atoms with Gasteiger partial charge in [0.2, 0.25) is 23.6 Å². The Bertz CT molecular complexity index is 536. The molecule has 0 spiro atoms. The van der Waals surface area contributed by atoms with E-state index in [9.17, 15) is 24.0 Å². The molecule has 8 N–H and O–H groups in total. The third kappa shape index (κ3) is 8.65. The number of hydrogen-bond acceptors (Lipinski definition) is 6. The molecule has 0 radical (unpaired) electrons. The Labute approximate surface area is 144 Å². The van der Waals surface area contributed by atoms with E-state index in [-0.39, 0.29) is 5.92 Å². The van der Waals surface area contributed by atoms with Crippen LogP contribution in [0.25, 0.3) is 0 Å². The van der Waals surface area contributed by atoms with Crippen molar-refractivity contribution in [2.75, 3.05) is 6.54 Å². The molecule has 25 heavy (non-hydrogen) atoms. The van der Waals surface area contributed by atoms with Gasteiger partial charge in [-0.2, -0.15) is 0 Å². The summed E-state index contributed by atoms with van der Waals surface area (Å²) in [5.74, 6) is -4.47. The molecule has 0 bridgehead atoms. The lowest BCUT2D eigenvalue weighted by molar-refractivity contribution is -0.138. The summed E-state index contributed by atoms with van der Waals surface area (Å²) >= 11 is 0. The molecular formula is C14H25N5O6. The van der Waals surface area contributed by atoms with Crippen LogP contribution >= 0.6 is 0 Å². The van der Waals surface area contributed by atoms with E-state index in [1.54, 1.807) is 13.8 Å². The van der Waals surface area contributed by atoms with Gasteiger partial charge in [-0.1, -0.05) is 13.8 Å². The average molecular weight is 359 g/mol. The van der Waals surface area contributed by atoms with Gasteiger partial charge in [0.1, 0.15) is 18.6 Å². The van der Waals surface area contributed by atoms with Crippen LogP contribution in [-0.4, -0.2) is 59.4 Å². The Morgan fingerprint density at radius 3 is 1.96 bits per heavy atom. The summed E-state index contributed by atoms with van der Waals surface area (Å²) < 4.78 is 0. The molecule has 3 unspecified atom stereocenters. The normalized spacial score (nSPS) is 14.1. The van der Waals surface area contributed by atoms with E-state index in [0.29, 0.717) is 0 Å². The molecule has 0 saturated heterocycles. The van der Waals surface area contributed by atoms with E-state index in [4.69, 9.17) is 16.6 Å². The molecule has 3 atom stereocenters. The quantitative estimate of drug-likeness (QED) is 0.239. The summed E-state index contributed by atoms with van der Waals surface area (Å²) in [5, 5.41) is 15.2. The topological polar surface area (TPSA) is 194 Å². The number of carboxylic acid groups (broad SMARTS) is 1. The molecule has 11 nitrogen and oxygen atoms in total. The van der Waals surface area contributed by atoms with Gasteiger partial charge in [-0.3, -0.25) is 24.0 Å². The minimum atomic E-state index is -1.36. The molecule has 0 aliphatic rings. The molecule has 0 saturated carbocycles. The first-order chi connectivity index (χ1) is 11.5. The Hall–Kier alpha value is -2.69. The lowest BCUT2D eigenvalue weighted by Crippen LogP contribution is -2.56. The number of carbonyl (C=O) groups excluding carboxylic acids is 4. The number of aliphatic carboxylic acids is 1. The fourth-order valence-electron chi connectivity index (χ4n) is 1.67. The number of nitrogens with one attached hydrogen (secondary N) is 3. The van der Waals surface area contributed by atoms with Crippen molar-refractivity contribution in [1.29, 1.82) is 0 Å². The van der Waals surface area contributed by atoms with Crippen molar-refractivity contribution >= 4 is 29.6 Å². The summed E-state index contributed by atoms with van der Waals surface area (Å²) in [4.78, 5) is 57.3. The predicted molar refractivity (Wildman–Crippen MR) is 86.8 cm³/mol. The third-order valence-corrected chi connectivity index (χ3v) is 3.23. The Morgan fingerprint density at radius 2 is 1.52 bits per heavy atom. The van der Waals surface area contributed by atoms with Crippen LogP contribution in [0, 0.1) is 5.92 Å². The van der Waals surface area contributed by atoms with Crippen molar-refractivity contribution in [3.05, 3.63) is 0 Å². The standard InChI is InChI=1S/C14H25N5O6/c1-6(2)11(16)14(25)18-7(3)12(23)19-8(4-9(15)20)13(24)17-5-10(21)22/h6-8,11H,4-5,16H2,1-3H3,(H2,15,20)(H,17,24)(H,18,25)(H,19,23)(H,21,22). The van der Waals surface area contributed by atoms with Crippen molar-refractivity contribution < 1.29 is 29.1 Å². The molecule has 0 aromatic heterocycles. The number of carbonyl (C=O) groups is 5. The number of nitrogens with two attached hydrogens (primary N) is 2. The molecule has 0 aromatic carbocycles. The first kappa shape index (κ1) is 22.3. The van der Waals surface area contributed by atoms with Crippen molar-refractivity contribution in [3.63, 3.8) is 0 Å². The van der Waals surface area contributed by atoms with E-state index in [1.165, 1.54) is 6.92 Å². The minimum Gasteiger partial charge on any atom is -0.480 e. The first-order valence-corrected chi connectivity index (χ1v) is 7.59. The zero-order valence-corrected chi connectivity index (χ0v) is 14.4. The number of rotatable bonds is 10. The van der Waals surface area contributed by atoms with E-state index in [1.807, 2.05) is 5.32 Å². The zero-order chi connectivity index (χ0) is 19.7. The maximum absolute atomic E-state index is 12.1. The van der Waals surface area contributed by atoms with E-state index < -0.39 is 60.7 Å². The van der Waals surface area contributed by atoms with Gasteiger partial charge in [0.25, 0.3) is 0 Å². The minimum absolute atomic E-state index is 0.139. The Kier molecular flexibility index (Phi) is 9.13. The van der Waals surface area contributed by atoms with E-state index in [0.717, 1.165) is 0 Å². The number of amides is 4. The maximum Gasteiger partial charge on any atom is 0.322 e. The largest absolute Gasteiger partial charge is 0.480 e. The van der Waals surface area contributed by atoms with Crippen molar-refractivity contribution in [2.24, 2.45) is 17.4 Å². The van der Waals surface area contributed by atoms with Gasteiger partial charge in [0.05, 0.1) is 12.5 Å². The highest BCUT2D eigenvalue weighted by molar-refractivity contribution is 5.95. The van der Waals surface area contributed by atoms with Crippen LogP contribution in [0.2, 0.25) is 0 Å². The van der Waals surface area contributed by atoms with Gasteiger partial charge < -0.3 is 32.5 Å². The van der Waals surface area contributed by atoms with Gasteiger partial charge in [-0.05, 0) is 12.8 Å². The number of hydrogen-bond donors (Lipinski definition) is 6. The van der Waals surface area contributed by atoms with Crippen LogP contribution in [0.3, 0.4) is 0 Å². The number of carboxylic acids is 1. The van der Waals surface area contributed by atoms with Gasteiger partial charge in [0, 0.05) is 0 Å². The van der Waals surface area contributed by atoms with Gasteiger partial charge >= 0.3 is 5.97 Å². The highest BCUT2D eigenvalue weighted by atomic mass is 16.4. The first-order valence-electron chi connectivity index (χ1n) is 7.59. The lowest BCUT2D eigenvalue weighted by Gasteiger charge is -2.22. The maximum atomic E-state index is 12.1. The van der Waals surface area contributed by atoms with Crippen LogP contribution in [0.4, 0.5) is 0 Å². The summed E-state index contributed by atoms with van der Waals surface area (Å²) in [6.07, 6.45) is -0.524. The van der Waals surface area contributed by atoms with Crippen LogP contribution in [-0.2, 0) is 24.0 Å². The third-order valence-electron chi connectivity index (χ3n) is 3.23. The predicted octanol–water partition coefficient (Wildman–Crippen LogP) is -2.96. The zero-order valence-electron chi connectivity index (χ0n) is 14.4. The molecule has 11 heteroatoms. The average Bonchev–Trinajstić information content (AvgIpc) is 2.50. The second-order valence-corrected chi connectivity index (χ2v) is 5.84. The number of primary amides is 1. The van der Waals surface area contributed by atoms with Gasteiger partial charge in [-0.25, -0.2) is 0 Å². The van der Waals surface area contributed by atoms with Gasteiger partial charge in [-0.15, -0.1) is 0 Å². The molecule has 0 heterocycles. The van der Waals surface area contributed by atoms with Crippen molar-refractivity contribution in [2.45, 2.75) is 45.3 Å². The molecule has 4 amide bonds. The van der Waals surface area contributed by atoms with Gasteiger partial charge in [0.15, 0.2) is 0 Å². The van der Waals surface area contributed by atoms with Crippen molar-refractivity contribution in [1.82, 2.24) is 16.0 Å². The summed E-state index contributed by atoms with van der Waals surface area (Å²) in [7, 11) is 0. The monoisotopic (exact) mass is 359 g/mol. The molecule has 0 fully saturated rings. The van der Waals surface area contributed by atoms with Crippen LogP contribution in [0.5, 0.6) is 0 Å². The smallest absolute Gasteiger partial charge is 0.322 e. The van der Waals surface area contributed by atoms with Crippen LogP contribution in [0.15, 0.2) is 0 Å². The Morgan fingerprint density at radius 1 is 0.960 bits per heavy atom. The van der Waals surface area contributed by atoms with Crippen LogP contribution in [0.1, 0.15) is 27.2 Å². The fraction of sp³-hybridized carbons (Fsp3) is 0.643. The second kappa shape index (κ2) is 10.2. The molecular weight excluding hydrogens is 334 g/mol. The van der Waals surface area contributed by atoms with E-state index >= 15 is 0 Å². The molecule has 142 valence electrons. The van der Waals surface area contributed by atoms with Crippen LogP contribution < -0.4 is 27.4 Å². The highest BCUT2D eigenvalue weighted by Crippen LogP contribution is 1.99. The summed E-state index contributed by atoms with van der Waals surface area (Å²) in [6.45, 7) is 4.17. The summed E-state index contributed by atoms with van der Waals surface area (Å²) in [5.41, 5.74) is 10.7. The molecule has 0 aromatic rings. The van der Waals surface area contributed by atoms with Crippen molar-refractivity contribution in [3.8, 4) is 0 Å². The highest BCUT2D eigenvalue weighted by Gasteiger charge is 2.27. The summed E-state index contributed by atoms with van der Waals surface area (Å²) in [6, 6.07) is -3.20. The molecule has 0 aliphatic carbocycles. The molecule has 0 rings (SSSR count). The Balaban J connectivity index is 4.83.